The van der Waals surface area contributed by atoms with Gasteiger partial charge in [-0.2, -0.15) is 0 Å². The van der Waals surface area contributed by atoms with Crippen molar-refractivity contribution in [3.05, 3.63) is 551 Å². The molecule has 0 amide bonds. The van der Waals surface area contributed by atoms with Gasteiger partial charge in [0.05, 0.1) is 6.57 Å². The first-order valence-electron chi connectivity index (χ1n) is 42.9. The van der Waals surface area contributed by atoms with Crippen molar-refractivity contribution in [2.24, 2.45) is 0 Å². The van der Waals surface area contributed by atoms with E-state index in [-0.39, 0.29) is 140 Å². The zero-order valence-electron chi connectivity index (χ0n) is 77.9. The Kier molecular flexibility index (Phi) is 52.0. The van der Waals surface area contributed by atoms with Crippen molar-refractivity contribution in [3.63, 3.8) is 0 Å². The van der Waals surface area contributed by atoms with Crippen LogP contribution in [0.3, 0.4) is 0 Å². The fourth-order valence-electron chi connectivity index (χ4n) is 12.4. The first-order valence-corrected chi connectivity index (χ1v) is 42.9. The molecule has 0 fully saturated rings. The van der Waals surface area contributed by atoms with Gasteiger partial charge in [-0.3, -0.25) is 58.9 Å². The Hall–Kier alpha value is -14.9. The smallest absolute Gasteiger partial charge is 0.260 e. The van der Waals surface area contributed by atoms with Crippen molar-refractivity contribution >= 4 is 11.4 Å². The fraction of sp³-hybridized carbons (Fsp3) is 0.0513. The van der Waals surface area contributed by atoms with Gasteiger partial charge in [0.25, 0.3) is 5.69 Å². The van der Waals surface area contributed by atoms with Crippen LogP contribution in [0.5, 0.6) is 0 Å². The largest absolute Gasteiger partial charge is 0.305 e. The van der Waals surface area contributed by atoms with E-state index in [4.69, 9.17) is 6.57 Å². The molecule has 10 heterocycles. The van der Waals surface area contributed by atoms with Crippen LogP contribution >= 0.6 is 0 Å². The average molecular weight is 2840 g/mol. The number of nitro groups is 1. The van der Waals surface area contributed by atoms with Gasteiger partial charge in [-0.05, 0) is 152 Å². The summed E-state index contributed by atoms with van der Waals surface area (Å²) in [5, 5.41) is 10.6. The summed E-state index contributed by atoms with van der Waals surface area (Å²) < 4.78 is 133. The topological polar surface area (TPSA) is 176 Å². The molecule has 10 aromatic heterocycles. The summed E-state index contributed by atoms with van der Waals surface area (Å²) in [7, 11) is 0. The van der Waals surface area contributed by atoms with Gasteiger partial charge in [0.1, 0.15) is 11.6 Å². The third-order valence-corrected chi connectivity index (χ3v) is 19.4. The van der Waals surface area contributed by atoms with E-state index >= 15 is 0 Å². The second-order valence-electron chi connectivity index (χ2n) is 29.8. The van der Waals surface area contributed by atoms with Gasteiger partial charge in [0.15, 0.2) is 5.69 Å². The molecule has 0 unspecified atom stereocenters. The summed E-state index contributed by atoms with van der Waals surface area (Å²) in [6.45, 7) is 17.4. The van der Waals surface area contributed by atoms with Crippen LogP contribution in [0.1, 0.15) is 33.4 Å². The van der Waals surface area contributed by atoms with E-state index in [1.165, 1.54) is 25.4 Å². The normalized spacial score (nSPS) is 9.69. The number of aryl methyl sites for hydroxylation is 5. The molecule has 10 aromatic carbocycles. The van der Waals surface area contributed by atoms with Crippen molar-refractivity contribution in [1.29, 1.82) is 0 Å². The molecule has 0 aliphatic carbocycles. The Morgan fingerprint density at radius 1 is 0.253 bits per heavy atom. The predicted molar refractivity (Wildman–Crippen MR) is 526 cm³/mol. The molecule has 29 heteroatoms. The van der Waals surface area contributed by atoms with Crippen molar-refractivity contribution in [2.75, 3.05) is 0 Å². The summed E-state index contributed by atoms with van der Waals surface area (Å²) in [5.41, 5.74) is 15.2. The second-order valence-corrected chi connectivity index (χ2v) is 29.8. The Labute approximate surface area is 908 Å². The third-order valence-electron chi connectivity index (χ3n) is 19.4. The van der Waals surface area contributed by atoms with Crippen molar-refractivity contribution in [3.8, 4) is 113 Å². The van der Waals surface area contributed by atoms with Crippen LogP contribution in [0.15, 0.2) is 377 Å². The molecule has 0 saturated carbocycles. The Bertz CT molecular complexity index is 6710. The minimum Gasteiger partial charge on any atom is -0.305 e. The van der Waals surface area contributed by atoms with Crippen molar-refractivity contribution in [1.82, 2.24) is 49.8 Å². The van der Waals surface area contributed by atoms with Gasteiger partial charge >= 0.3 is 0 Å². The van der Waals surface area contributed by atoms with E-state index in [1.54, 1.807) is 92.9 Å². The zero-order chi connectivity index (χ0) is 100. The molecule has 20 aromatic rings. The molecule has 0 bridgehead atoms. The predicted octanol–water partition coefficient (Wildman–Crippen LogP) is 29.2. The second kappa shape index (κ2) is 63.3. The van der Waals surface area contributed by atoms with Crippen molar-refractivity contribution in [2.45, 2.75) is 41.5 Å². The summed E-state index contributed by atoms with van der Waals surface area (Å²) in [6.07, 6.45) is 16.7. The first-order chi connectivity index (χ1) is 68.4. The molecule has 5 radical (unpaired) electrons. The molecule has 146 heavy (non-hydrogen) atoms. The van der Waals surface area contributed by atoms with Crippen LogP contribution in [0.25, 0.3) is 117 Å². The van der Waals surface area contributed by atoms with Gasteiger partial charge in [0, 0.05) is 214 Å². The molecule has 0 aliphatic heterocycles. The first kappa shape index (κ1) is 120. The van der Waals surface area contributed by atoms with E-state index < -0.39 is 74.5 Å². The van der Waals surface area contributed by atoms with Gasteiger partial charge in [-0.15, -0.1) is 246 Å². The standard InChI is InChI=1S/C13H7F2N2.C13H10F2N.C12H7F2N2O2.2C12H8F2N.5C11H8N.5Ir/c1-8-5-6-17-11(7-8)9-3-4-10(14)13(16-2)12(9)15;1-8-5-6-16-12(7-8)10-3-4-11(14)9(2)13(10)15;1-7-4-5-15-10(6-7)8-2-3-9(13)12(11(8)14)16(17)18;2*1-8-4-5-15-12(6-8)10-3-2-9(13)7-11(10)14;5*1-2-6-10(7-3-1)11-8-4-5-9-12-11;;;;;/h4-7H,1H3;4-7H,1-2H3;3-6H,1H3;2*2,4-7H,1H3;5*1-6,8-9H;;;;;/q10*-1;;;;;. The maximum absolute atomic E-state index is 13.8. The van der Waals surface area contributed by atoms with Gasteiger partial charge in [-0.25, -0.2) is 0 Å². The number of rotatable bonds is 11. The molecular weight excluding hydrogens is 2760 g/mol. The number of nitrogens with zero attached hydrogens (tertiary/aromatic N) is 12. The number of hydrogen-bond acceptors (Lipinski definition) is 12. The van der Waals surface area contributed by atoms with E-state index in [0.717, 1.165) is 127 Å². The number of hydrogen-bond donors (Lipinski definition) is 0. The number of aromatic nitrogens is 10. The minimum atomic E-state index is -1.27. The third kappa shape index (κ3) is 37.4. The van der Waals surface area contributed by atoms with Crippen LogP contribution < -0.4 is 0 Å². The molecule has 0 saturated heterocycles. The molecule has 14 nitrogen and oxygen atoms in total. The molecular formula is C117H80F10Ir5N12O2-10. The molecule has 745 valence electrons. The molecule has 20 rings (SSSR count). The van der Waals surface area contributed by atoms with Gasteiger partial charge in [-0.1, -0.05) is 166 Å². The summed E-state index contributed by atoms with van der Waals surface area (Å²) in [5.74, 6) is -8.10. The Morgan fingerprint density at radius 3 is 0.733 bits per heavy atom. The molecule has 0 atom stereocenters. The van der Waals surface area contributed by atoms with E-state index in [2.05, 4.69) is 115 Å². The Balaban J connectivity index is 0.000000248. The van der Waals surface area contributed by atoms with E-state index in [1.807, 2.05) is 258 Å². The monoisotopic (exact) mass is 2840 g/mol. The van der Waals surface area contributed by atoms with Gasteiger partial charge in [0.2, 0.25) is 0 Å². The SMILES string of the molecule is Cc1ccnc(-c2[c-]cc(F)c(C)c2F)c1.Cc1ccnc(-c2[c-]cc(F)c([N+](=O)[O-])c2F)c1.Cc1ccnc(-c2[c-]cc(F)cc2F)c1.Cc1ccnc(-c2[c-]cc(F)cc2F)c1.[C-]#[N+]c1c(F)c[c-]c(-c2cc(C)ccn2)c1F.[Ir].[Ir].[Ir].[Ir].[Ir].[c-]1ccccc1-c1ccccn1.[c-]1ccccc1-c1ccccn1.[c-]1ccccc1-c1ccccn1.[c-]1ccccc1-c1ccccn1.[c-]1ccccc1-c1ccccn1. The summed E-state index contributed by atoms with van der Waals surface area (Å²) >= 11 is 0. The molecule has 0 aliphatic rings. The van der Waals surface area contributed by atoms with Crippen LogP contribution in [-0.4, -0.2) is 54.8 Å². The minimum absolute atomic E-state index is 0. The van der Waals surface area contributed by atoms with E-state index in [9.17, 15) is 54.0 Å². The maximum atomic E-state index is 13.8. The Morgan fingerprint density at radius 2 is 0.493 bits per heavy atom. The van der Waals surface area contributed by atoms with Crippen molar-refractivity contribution < 1.29 is 149 Å². The van der Waals surface area contributed by atoms with E-state index in [0.29, 0.717) is 22.8 Å². The fourth-order valence-corrected chi connectivity index (χ4v) is 12.4. The van der Waals surface area contributed by atoms with Crippen LogP contribution in [0, 0.1) is 177 Å². The number of halogens is 10. The summed E-state index contributed by atoms with van der Waals surface area (Å²) in [4.78, 5) is 53.3. The van der Waals surface area contributed by atoms with Crippen LogP contribution in [0.2, 0.25) is 0 Å². The number of nitro benzene ring substituents is 1. The van der Waals surface area contributed by atoms with Crippen LogP contribution in [-0.2, 0) is 101 Å². The molecule has 0 spiro atoms. The summed E-state index contributed by atoms with van der Waals surface area (Å²) in [6, 6.07) is 121. The number of benzene rings is 10. The number of pyridine rings is 10. The molecule has 0 N–H and O–H groups in total. The average Bonchev–Trinajstić information content (AvgIpc) is 0.820. The quantitative estimate of drug-likeness (QED) is 0.0519. The maximum Gasteiger partial charge on any atom is 0.260 e. The zero-order valence-corrected chi connectivity index (χ0v) is 89.9. The van der Waals surface area contributed by atoms with Crippen LogP contribution in [0.4, 0.5) is 55.3 Å². The van der Waals surface area contributed by atoms with Gasteiger partial charge < -0.3 is 49.8 Å².